The molecule has 0 unspecified atom stereocenters. The molecule has 0 amide bonds. The SMILES string of the molecule is CCCCOCCOCCO.[2H][B]C. The van der Waals surface area contributed by atoms with E-state index >= 15 is 0 Å². The number of rotatable bonds is 8. The molecule has 0 fully saturated rings. The second-order valence-corrected chi connectivity index (χ2v) is 2.30. The fourth-order valence-corrected chi connectivity index (χ4v) is 0.633. The highest BCUT2D eigenvalue weighted by Gasteiger charge is 1.87. The van der Waals surface area contributed by atoms with Gasteiger partial charge in [-0.15, -0.1) is 0 Å². The zero-order chi connectivity index (χ0) is 11.1. The van der Waals surface area contributed by atoms with E-state index in [2.05, 4.69) is 6.92 Å². The topological polar surface area (TPSA) is 38.7 Å². The minimum Gasteiger partial charge on any atom is -0.394 e. The van der Waals surface area contributed by atoms with E-state index in [1.165, 1.54) is 7.81 Å². The molecule has 1 radical (unpaired) electrons. The van der Waals surface area contributed by atoms with Crippen LogP contribution in [0.3, 0.4) is 0 Å². The van der Waals surface area contributed by atoms with Crippen LogP contribution in [0.2, 0.25) is 6.82 Å². The maximum absolute atomic E-state index is 8.34. The molecule has 0 spiro atoms. The van der Waals surface area contributed by atoms with Crippen molar-refractivity contribution in [2.24, 2.45) is 0 Å². The molecule has 0 aliphatic carbocycles. The van der Waals surface area contributed by atoms with Gasteiger partial charge in [0, 0.05) is 6.61 Å². The molecule has 0 aliphatic rings. The van der Waals surface area contributed by atoms with Crippen LogP contribution >= 0.6 is 0 Å². The van der Waals surface area contributed by atoms with Gasteiger partial charge in [0.1, 0.15) is 0 Å². The second kappa shape index (κ2) is 17.9. The monoisotopic (exact) mass is 190 g/mol. The van der Waals surface area contributed by atoms with Crippen molar-refractivity contribution in [3.05, 3.63) is 0 Å². The Hall–Kier alpha value is -0.0551. The second-order valence-electron chi connectivity index (χ2n) is 2.30. The third kappa shape index (κ3) is 18.7. The molecule has 0 saturated carbocycles. The van der Waals surface area contributed by atoms with Crippen molar-refractivity contribution >= 4 is 7.81 Å². The highest BCUT2D eigenvalue weighted by Crippen LogP contribution is 1.87. The van der Waals surface area contributed by atoms with E-state index in [1.807, 2.05) is 0 Å². The van der Waals surface area contributed by atoms with E-state index in [0.29, 0.717) is 19.8 Å². The first-order valence-corrected chi connectivity index (χ1v) is 4.76. The Bertz CT molecular complexity index is 78.5. The Kier molecular flexibility index (Phi) is 17.8. The lowest BCUT2D eigenvalue weighted by molar-refractivity contribution is 0.0324. The van der Waals surface area contributed by atoms with Crippen molar-refractivity contribution < 1.29 is 14.6 Å². The average Bonchev–Trinajstić information content (AvgIpc) is 2.18. The fourth-order valence-electron chi connectivity index (χ4n) is 0.633. The van der Waals surface area contributed by atoms with Gasteiger partial charge in [-0.2, -0.15) is 0 Å². The van der Waals surface area contributed by atoms with Crippen LogP contribution in [0.25, 0.3) is 0 Å². The van der Waals surface area contributed by atoms with Gasteiger partial charge in [0.15, 0.2) is 0 Å². The van der Waals surface area contributed by atoms with Gasteiger partial charge in [0.25, 0.3) is 0 Å². The molecular weight excluding hydrogens is 167 g/mol. The van der Waals surface area contributed by atoms with E-state index in [-0.39, 0.29) is 6.61 Å². The van der Waals surface area contributed by atoms with Crippen LogP contribution in [0, 0.1) is 0 Å². The van der Waals surface area contributed by atoms with E-state index < -0.39 is 0 Å². The van der Waals surface area contributed by atoms with E-state index in [4.69, 9.17) is 15.9 Å². The van der Waals surface area contributed by atoms with Gasteiger partial charge in [0.05, 0.1) is 34.2 Å². The molecule has 0 rings (SSSR count). The molecule has 0 saturated heterocycles. The Morgan fingerprint density at radius 3 is 2.23 bits per heavy atom. The summed E-state index contributed by atoms with van der Waals surface area (Å²) in [5, 5.41) is 8.34. The standard InChI is InChI=1S/C8H18O3.CH4B/c1-2-3-5-10-7-8-11-6-4-9;1-2/h9H,2-8H2,1H3;2H,1H3/i;2D. The Balaban J connectivity index is 0. The van der Waals surface area contributed by atoms with Crippen molar-refractivity contribution in [3.63, 3.8) is 0 Å². The lowest BCUT2D eigenvalue weighted by atomic mass is 10.2. The summed E-state index contributed by atoms with van der Waals surface area (Å²) in [6.07, 6.45) is 2.28. The lowest BCUT2D eigenvalue weighted by Crippen LogP contribution is -2.07. The first kappa shape index (κ1) is 12.9. The molecule has 0 aromatic carbocycles. The summed E-state index contributed by atoms with van der Waals surface area (Å²) in [6.45, 7) is 6.35. The number of hydrogen-bond donors (Lipinski definition) is 1. The van der Waals surface area contributed by atoms with Gasteiger partial charge >= 0.3 is 0 Å². The van der Waals surface area contributed by atoms with Crippen molar-refractivity contribution in [1.82, 2.24) is 0 Å². The van der Waals surface area contributed by atoms with Crippen LogP contribution in [0.5, 0.6) is 0 Å². The first-order chi connectivity index (χ1) is 6.83. The van der Waals surface area contributed by atoms with E-state index in [1.54, 1.807) is 6.82 Å². The summed E-state index contributed by atoms with van der Waals surface area (Å²) in [6, 6.07) is 0. The summed E-state index contributed by atoms with van der Waals surface area (Å²) in [7, 11) is 1.25. The number of ether oxygens (including phenoxy) is 2. The molecule has 3 nitrogen and oxygen atoms in total. The molecule has 13 heavy (non-hydrogen) atoms. The van der Waals surface area contributed by atoms with Crippen molar-refractivity contribution in [2.45, 2.75) is 26.6 Å². The van der Waals surface area contributed by atoms with Crippen molar-refractivity contribution in [2.75, 3.05) is 33.0 Å². The van der Waals surface area contributed by atoms with E-state index in [9.17, 15) is 0 Å². The van der Waals surface area contributed by atoms with Gasteiger partial charge in [-0.1, -0.05) is 20.2 Å². The van der Waals surface area contributed by atoms with Crippen molar-refractivity contribution in [3.8, 4) is 0 Å². The smallest absolute Gasteiger partial charge is 0.0823 e. The van der Waals surface area contributed by atoms with Crippen LogP contribution in [-0.2, 0) is 9.47 Å². The molecule has 0 atom stereocenters. The summed E-state index contributed by atoms with van der Waals surface area (Å²) in [5.41, 5.74) is 0. The van der Waals surface area contributed by atoms with Gasteiger partial charge in [-0.25, -0.2) is 0 Å². The van der Waals surface area contributed by atoms with Crippen LogP contribution in [-0.4, -0.2) is 47.3 Å². The average molecular weight is 190 g/mol. The largest absolute Gasteiger partial charge is 0.394 e. The quantitative estimate of drug-likeness (QED) is 0.453. The summed E-state index contributed by atoms with van der Waals surface area (Å²) in [5.74, 6) is 0. The third-order valence-electron chi connectivity index (χ3n) is 1.25. The van der Waals surface area contributed by atoms with Crippen molar-refractivity contribution in [1.29, 1.82) is 1.34 Å². The molecule has 1 N–H and O–H groups in total. The first-order valence-electron chi connectivity index (χ1n) is 5.33. The number of unbranched alkanes of at least 4 members (excludes halogenated alkanes) is 1. The van der Waals surface area contributed by atoms with Crippen LogP contribution in [0.15, 0.2) is 0 Å². The van der Waals surface area contributed by atoms with Crippen LogP contribution < -0.4 is 0 Å². The maximum atomic E-state index is 8.34. The minimum atomic E-state index is 0.0922. The number of hydrogen-bond acceptors (Lipinski definition) is 3. The van der Waals surface area contributed by atoms with Gasteiger partial charge in [0.2, 0.25) is 0 Å². The predicted octanol–water partition coefficient (Wildman–Crippen LogP) is 0.747. The van der Waals surface area contributed by atoms with E-state index in [0.717, 1.165) is 19.4 Å². The summed E-state index contributed by atoms with van der Waals surface area (Å²) < 4.78 is 16.3. The number of aliphatic hydroxyl groups is 1. The maximum Gasteiger partial charge on any atom is 0.0823 e. The predicted molar refractivity (Wildman–Crippen MR) is 56.6 cm³/mol. The highest BCUT2D eigenvalue weighted by molar-refractivity contribution is 6.05. The zero-order valence-corrected chi connectivity index (χ0v) is 8.79. The molecule has 0 aromatic rings. The normalized spacial score (nSPS) is 9.92. The molecule has 0 aliphatic heterocycles. The molecule has 4 heteroatoms. The lowest BCUT2D eigenvalue weighted by Gasteiger charge is -2.02. The molecular formula is C9H22BO3. The fraction of sp³-hybridized carbons (Fsp3) is 1.00. The Morgan fingerprint density at radius 1 is 1.23 bits per heavy atom. The molecule has 0 heterocycles. The number of aliphatic hydroxyl groups excluding tert-OH is 1. The Labute approximate surface area is 84.2 Å². The van der Waals surface area contributed by atoms with Gasteiger partial charge < -0.3 is 14.6 Å². The molecule has 0 aromatic heterocycles. The summed E-state index contributed by atoms with van der Waals surface area (Å²) >= 11 is 0. The van der Waals surface area contributed by atoms with Crippen LogP contribution in [0.4, 0.5) is 0 Å². The highest BCUT2D eigenvalue weighted by atomic mass is 16.5. The molecule has 79 valence electrons. The third-order valence-corrected chi connectivity index (χ3v) is 1.25. The van der Waals surface area contributed by atoms with Crippen LogP contribution in [0.1, 0.15) is 19.8 Å². The zero-order valence-electron chi connectivity index (χ0n) is 9.79. The minimum absolute atomic E-state index is 0.0922. The Morgan fingerprint density at radius 2 is 1.77 bits per heavy atom. The summed E-state index contributed by atoms with van der Waals surface area (Å²) in [4.78, 5) is 0. The van der Waals surface area contributed by atoms with Gasteiger partial charge in [-0.05, 0) is 7.76 Å². The molecule has 0 bridgehead atoms. The van der Waals surface area contributed by atoms with Gasteiger partial charge in [-0.3, -0.25) is 0 Å².